The maximum atomic E-state index is 10.4. The Bertz CT molecular complexity index is 456. The highest BCUT2D eigenvalue weighted by Crippen LogP contribution is 3.10. The standard InChI is InChI=1S/C14H19BO3/c1-11(2)12(3,4)18-15(17-11)13-5-8-6(13)10-7(13)9(5)14(8,10)16/h5-10,16H,1-4H3. The zero-order chi connectivity index (χ0) is 12.5. The molecule has 1 N–H and O–H groups in total. The van der Waals surface area contributed by atoms with Crippen LogP contribution in [0.25, 0.3) is 0 Å². The molecule has 0 unspecified atom stereocenters. The molecular formula is C14H19BO3. The van der Waals surface area contributed by atoms with E-state index in [1.165, 1.54) is 0 Å². The molecule has 0 amide bonds. The van der Waals surface area contributed by atoms with Gasteiger partial charge in [0.05, 0.1) is 16.8 Å². The van der Waals surface area contributed by atoms with Crippen molar-refractivity contribution in [2.24, 2.45) is 35.5 Å². The minimum Gasteiger partial charge on any atom is -0.403 e. The first-order valence-corrected chi connectivity index (χ1v) is 7.37. The van der Waals surface area contributed by atoms with Gasteiger partial charge in [0, 0.05) is 5.31 Å². The zero-order valence-corrected chi connectivity index (χ0v) is 11.3. The van der Waals surface area contributed by atoms with Crippen LogP contribution in [0.5, 0.6) is 0 Å². The second-order valence-electron chi connectivity index (χ2n) is 8.63. The predicted octanol–water partition coefficient (Wildman–Crippen LogP) is 1.32. The number of hydrogen-bond acceptors (Lipinski definition) is 3. The zero-order valence-electron chi connectivity index (χ0n) is 11.3. The van der Waals surface area contributed by atoms with Gasteiger partial charge in [-0.15, -0.1) is 0 Å². The highest BCUT2D eigenvalue weighted by Gasteiger charge is 3.12. The summed E-state index contributed by atoms with van der Waals surface area (Å²) in [5.74, 6) is 4.07. The molecule has 1 aliphatic heterocycles. The van der Waals surface area contributed by atoms with Gasteiger partial charge in [0.1, 0.15) is 0 Å². The Hall–Kier alpha value is -0.0551. The first kappa shape index (κ1) is 9.79. The van der Waals surface area contributed by atoms with Crippen molar-refractivity contribution in [3.63, 3.8) is 0 Å². The Labute approximate surface area is 107 Å². The van der Waals surface area contributed by atoms with E-state index in [0.717, 1.165) is 17.8 Å². The van der Waals surface area contributed by atoms with Gasteiger partial charge in [-0.05, 0) is 63.2 Å². The lowest BCUT2D eigenvalue weighted by Crippen LogP contribution is -3.11. The molecule has 96 valence electrons. The average molecular weight is 246 g/mol. The molecule has 0 atom stereocenters. The van der Waals surface area contributed by atoms with E-state index < -0.39 is 0 Å². The van der Waals surface area contributed by atoms with E-state index in [4.69, 9.17) is 9.31 Å². The maximum absolute atomic E-state index is 10.4. The second kappa shape index (κ2) is 1.95. The fourth-order valence-corrected chi connectivity index (χ4v) is 7.07. The molecule has 0 aromatic carbocycles. The highest BCUT2D eigenvalue weighted by atomic mass is 16.7. The van der Waals surface area contributed by atoms with Crippen molar-refractivity contribution in [3.8, 4) is 0 Å². The summed E-state index contributed by atoms with van der Waals surface area (Å²) in [4.78, 5) is 0. The van der Waals surface area contributed by atoms with E-state index in [1.54, 1.807) is 0 Å². The van der Waals surface area contributed by atoms with Crippen molar-refractivity contribution >= 4 is 7.12 Å². The van der Waals surface area contributed by atoms with E-state index >= 15 is 0 Å². The fourth-order valence-electron chi connectivity index (χ4n) is 7.07. The Morgan fingerprint density at radius 1 is 0.778 bits per heavy atom. The van der Waals surface area contributed by atoms with Crippen molar-refractivity contribution in [2.45, 2.75) is 49.8 Å². The molecule has 0 aromatic rings. The topological polar surface area (TPSA) is 38.7 Å². The lowest BCUT2D eigenvalue weighted by atomic mass is 8.90. The van der Waals surface area contributed by atoms with Crippen molar-refractivity contribution < 1.29 is 14.4 Å². The molecule has 6 aliphatic carbocycles. The number of rotatable bonds is 1. The second-order valence-corrected chi connectivity index (χ2v) is 8.63. The summed E-state index contributed by atoms with van der Waals surface area (Å²) in [6.07, 6.45) is 0. The molecule has 1 heterocycles. The molecule has 3 nitrogen and oxygen atoms in total. The molecule has 7 fully saturated rings. The molecule has 0 spiro atoms. The minimum absolute atomic E-state index is 0.00361. The molecule has 7 rings (SSSR count). The predicted molar refractivity (Wildman–Crippen MR) is 64.7 cm³/mol. The largest absolute Gasteiger partial charge is 0.465 e. The lowest BCUT2D eigenvalue weighted by molar-refractivity contribution is -0.615. The van der Waals surface area contributed by atoms with Gasteiger partial charge in [-0.3, -0.25) is 0 Å². The van der Waals surface area contributed by atoms with Gasteiger partial charge in [-0.2, -0.15) is 0 Å². The summed E-state index contributed by atoms with van der Waals surface area (Å²) < 4.78 is 12.6. The molecule has 18 heavy (non-hydrogen) atoms. The van der Waals surface area contributed by atoms with Crippen molar-refractivity contribution in [2.75, 3.05) is 0 Å². The first-order chi connectivity index (χ1) is 8.29. The molecular weight excluding hydrogens is 227 g/mol. The van der Waals surface area contributed by atoms with Crippen LogP contribution in [0.15, 0.2) is 0 Å². The van der Waals surface area contributed by atoms with Gasteiger partial charge in [0.25, 0.3) is 0 Å². The van der Waals surface area contributed by atoms with Gasteiger partial charge < -0.3 is 14.4 Å². The summed E-state index contributed by atoms with van der Waals surface area (Å²) >= 11 is 0. The van der Waals surface area contributed by atoms with Crippen LogP contribution < -0.4 is 0 Å². The normalized spacial score (nSPS) is 73.5. The number of hydrogen-bond donors (Lipinski definition) is 1. The van der Waals surface area contributed by atoms with Crippen LogP contribution >= 0.6 is 0 Å². The SMILES string of the molecule is CC1(C)OB(C23C4C5C2C2C3C4C52O)OC1(C)C. The van der Waals surface area contributed by atoms with E-state index in [0.29, 0.717) is 23.1 Å². The number of aliphatic hydroxyl groups is 1. The first-order valence-electron chi connectivity index (χ1n) is 7.37. The quantitative estimate of drug-likeness (QED) is 0.709. The van der Waals surface area contributed by atoms with Crippen LogP contribution in [-0.4, -0.2) is 29.0 Å². The van der Waals surface area contributed by atoms with Crippen molar-refractivity contribution in [1.82, 2.24) is 0 Å². The third kappa shape index (κ3) is 0.494. The molecule has 1 saturated heterocycles. The van der Waals surface area contributed by atoms with Gasteiger partial charge >= 0.3 is 7.12 Å². The molecule has 0 radical (unpaired) electrons. The Morgan fingerprint density at radius 3 is 1.56 bits per heavy atom. The van der Waals surface area contributed by atoms with Crippen LogP contribution in [0.4, 0.5) is 0 Å². The Kier molecular flexibility index (Phi) is 1.06. The van der Waals surface area contributed by atoms with Gasteiger partial charge in [-0.1, -0.05) is 0 Å². The van der Waals surface area contributed by atoms with Gasteiger partial charge in [0.2, 0.25) is 0 Å². The molecule has 0 bridgehead atoms. The lowest BCUT2D eigenvalue weighted by Gasteiger charge is -3.09. The van der Waals surface area contributed by atoms with Gasteiger partial charge in [0.15, 0.2) is 0 Å². The summed E-state index contributed by atoms with van der Waals surface area (Å²) in [6.45, 7) is 8.56. The van der Waals surface area contributed by atoms with E-state index in [9.17, 15) is 5.11 Å². The van der Waals surface area contributed by atoms with Crippen LogP contribution in [0.2, 0.25) is 5.31 Å². The van der Waals surface area contributed by atoms with E-state index in [1.807, 2.05) is 0 Å². The van der Waals surface area contributed by atoms with Crippen LogP contribution in [0.1, 0.15) is 27.7 Å². The third-order valence-corrected chi connectivity index (χ3v) is 8.32. The van der Waals surface area contributed by atoms with Gasteiger partial charge in [-0.25, -0.2) is 0 Å². The Morgan fingerprint density at radius 2 is 1.17 bits per heavy atom. The van der Waals surface area contributed by atoms with Crippen LogP contribution in [0, 0.1) is 35.5 Å². The van der Waals surface area contributed by atoms with Crippen LogP contribution in [-0.2, 0) is 9.31 Å². The van der Waals surface area contributed by atoms with E-state index in [2.05, 4.69) is 27.7 Å². The van der Waals surface area contributed by atoms with E-state index in [-0.39, 0.29) is 23.9 Å². The summed E-state index contributed by atoms with van der Waals surface area (Å²) in [5, 5.41) is 10.7. The minimum atomic E-state index is -0.205. The third-order valence-electron chi connectivity index (χ3n) is 8.32. The monoisotopic (exact) mass is 246 g/mol. The molecule has 6 saturated carbocycles. The Balaban J connectivity index is 1.38. The smallest absolute Gasteiger partial charge is 0.403 e. The van der Waals surface area contributed by atoms with Crippen LogP contribution in [0.3, 0.4) is 0 Å². The summed E-state index contributed by atoms with van der Waals surface area (Å²) in [5.41, 5.74) is -0.612. The molecule has 4 heteroatoms. The fraction of sp³-hybridized carbons (Fsp3) is 1.00. The van der Waals surface area contributed by atoms with Crippen molar-refractivity contribution in [1.29, 1.82) is 0 Å². The highest BCUT2D eigenvalue weighted by molar-refractivity contribution is 6.52. The maximum Gasteiger partial charge on any atom is 0.465 e. The molecule has 0 aromatic heterocycles. The average Bonchev–Trinajstić information content (AvgIpc) is 2.48. The molecule has 7 aliphatic rings. The summed E-state index contributed by atoms with van der Waals surface area (Å²) in [7, 11) is -0.00361. The summed E-state index contributed by atoms with van der Waals surface area (Å²) in [6, 6.07) is 0. The van der Waals surface area contributed by atoms with Crippen molar-refractivity contribution in [3.05, 3.63) is 0 Å².